The highest BCUT2D eigenvalue weighted by Gasteiger charge is 2.22. The van der Waals surface area contributed by atoms with Crippen molar-refractivity contribution in [2.75, 3.05) is 12.3 Å². The van der Waals surface area contributed by atoms with Crippen molar-refractivity contribution >= 4 is 11.6 Å². The number of nitrogen functional groups attached to an aromatic ring is 1. The molecule has 1 fully saturated rings. The zero-order valence-corrected chi connectivity index (χ0v) is 10.4. The molecule has 1 unspecified atom stereocenters. The van der Waals surface area contributed by atoms with Crippen molar-refractivity contribution in [3.8, 4) is 0 Å². The third kappa shape index (κ3) is 2.78. The predicted octanol–water partition coefficient (Wildman–Crippen LogP) is 2.73. The second-order valence-electron chi connectivity index (χ2n) is 4.74. The molecule has 92 valence electrons. The Kier molecular flexibility index (Phi) is 3.67. The lowest BCUT2D eigenvalue weighted by Gasteiger charge is -2.28. The topological polar surface area (TPSA) is 46.3 Å². The van der Waals surface area contributed by atoms with Gasteiger partial charge in [-0.3, -0.25) is 4.79 Å². The lowest BCUT2D eigenvalue weighted by molar-refractivity contribution is -0.132. The largest absolute Gasteiger partial charge is 0.399 e. The molecule has 1 aromatic carbocycles. The number of carbonyl (C=O) groups is 1. The summed E-state index contributed by atoms with van der Waals surface area (Å²) in [4.78, 5) is 14.0. The summed E-state index contributed by atoms with van der Waals surface area (Å²) >= 11 is 0. The van der Waals surface area contributed by atoms with Gasteiger partial charge in [0.1, 0.15) is 0 Å². The molecule has 3 heteroatoms. The Labute approximate surface area is 103 Å². The smallest absolute Gasteiger partial charge is 0.223 e. The van der Waals surface area contributed by atoms with Gasteiger partial charge in [-0.2, -0.15) is 0 Å². The molecule has 2 rings (SSSR count). The van der Waals surface area contributed by atoms with Crippen LogP contribution < -0.4 is 5.73 Å². The summed E-state index contributed by atoms with van der Waals surface area (Å²) in [5, 5.41) is 0. The van der Waals surface area contributed by atoms with Crippen LogP contribution in [0.4, 0.5) is 5.69 Å². The molecule has 1 aromatic rings. The fourth-order valence-corrected chi connectivity index (χ4v) is 2.37. The molecule has 1 aliphatic heterocycles. The van der Waals surface area contributed by atoms with Crippen LogP contribution in [0.2, 0.25) is 0 Å². The number of nitrogens with zero attached hydrogens (tertiary/aromatic N) is 1. The maximum absolute atomic E-state index is 12.0. The van der Waals surface area contributed by atoms with E-state index in [4.69, 9.17) is 5.73 Å². The van der Waals surface area contributed by atoms with Gasteiger partial charge in [0.15, 0.2) is 0 Å². The lowest BCUT2D eigenvalue weighted by Crippen LogP contribution is -2.32. The third-order valence-corrected chi connectivity index (χ3v) is 3.50. The molecule has 0 saturated carbocycles. The second-order valence-corrected chi connectivity index (χ2v) is 4.74. The van der Waals surface area contributed by atoms with Crippen molar-refractivity contribution < 1.29 is 4.79 Å². The van der Waals surface area contributed by atoms with Gasteiger partial charge in [-0.25, -0.2) is 0 Å². The predicted molar refractivity (Wildman–Crippen MR) is 69.5 cm³/mol. The van der Waals surface area contributed by atoms with Gasteiger partial charge < -0.3 is 10.6 Å². The molecule has 1 saturated heterocycles. The van der Waals surface area contributed by atoms with Crippen LogP contribution in [0.1, 0.15) is 44.2 Å². The lowest BCUT2D eigenvalue weighted by atomic mass is 10.1. The van der Waals surface area contributed by atoms with E-state index >= 15 is 0 Å². The summed E-state index contributed by atoms with van der Waals surface area (Å²) in [5.74, 6) is 0.284. The molecule has 1 aliphatic rings. The molecular formula is C14H20N2O. The molecule has 1 atom stereocenters. The molecule has 0 bridgehead atoms. The van der Waals surface area contributed by atoms with Crippen LogP contribution in [0.15, 0.2) is 24.3 Å². The van der Waals surface area contributed by atoms with Gasteiger partial charge in [0.05, 0.1) is 6.04 Å². The molecule has 17 heavy (non-hydrogen) atoms. The van der Waals surface area contributed by atoms with Crippen molar-refractivity contribution in [1.82, 2.24) is 4.90 Å². The number of amides is 1. The fourth-order valence-electron chi connectivity index (χ4n) is 2.37. The van der Waals surface area contributed by atoms with Crippen LogP contribution in [0.5, 0.6) is 0 Å². The Morgan fingerprint density at radius 1 is 1.18 bits per heavy atom. The Morgan fingerprint density at radius 3 is 2.59 bits per heavy atom. The summed E-state index contributed by atoms with van der Waals surface area (Å²) in [7, 11) is 0. The molecule has 1 amide bonds. The Balaban J connectivity index is 2.14. The minimum Gasteiger partial charge on any atom is -0.399 e. The molecular weight excluding hydrogens is 212 g/mol. The van der Waals surface area contributed by atoms with E-state index < -0.39 is 0 Å². The number of carbonyl (C=O) groups excluding carboxylic acids is 1. The highest BCUT2D eigenvalue weighted by Crippen LogP contribution is 2.24. The number of hydrogen-bond donors (Lipinski definition) is 1. The maximum atomic E-state index is 12.0. The van der Waals surface area contributed by atoms with Gasteiger partial charge in [0.2, 0.25) is 5.91 Å². The molecule has 0 radical (unpaired) electrons. The molecule has 0 aliphatic carbocycles. The number of benzene rings is 1. The number of likely N-dealkylation sites (tertiary alicyclic amines) is 1. The van der Waals surface area contributed by atoms with Crippen LogP contribution in [0, 0.1) is 0 Å². The van der Waals surface area contributed by atoms with Crippen molar-refractivity contribution in [3.63, 3.8) is 0 Å². The normalized spacial score (nSPS) is 18.9. The maximum Gasteiger partial charge on any atom is 0.223 e. The van der Waals surface area contributed by atoms with E-state index in [0.29, 0.717) is 6.42 Å². The molecule has 0 spiro atoms. The summed E-state index contributed by atoms with van der Waals surface area (Å²) in [5.41, 5.74) is 7.61. The van der Waals surface area contributed by atoms with Gasteiger partial charge in [-0.05, 0) is 37.5 Å². The molecule has 0 aromatic heterocycles. The number of nitrogens with two attached hydrogens (primary N) is 1. The fraction of sp³-hybridized carbons (Fsp3) is 0.500. The first-order valence-corrected chi connectivity index (χ1v) is 6.33. The van der Waals surface area contributed by atoms with Gasteiger partial charge in [0.25, 0.3) is 0 Å². The summed E-state index contributed by atoms with van der Waals surface area (Å²) in [6.45, 7) is 2.97. The standard InChI is InChI=1S/C14H20N2O/c1-11(12-6-8-13(15)9-7-12)16-10-4-2-3-5-14(16)17/h6-9,11H,2-5,10,15H2,1H3. The Bertz CT molecular complexity index is 386. The highest BCUT2D eigenvalue weighted by atomic mass is 16.2. The monoisotopic (exact) mass is 232 g/mol. The van der Waals surface area contributed by atoms with Gasteiger partial charge in [-0.15, -0.1) is 0 Å². The van der Waals surface area contributed by atoms with Gasteiger partial charge >= 0.3 is 0 Å². The van der Waals surface area contributed by atoms with Crippen LogP contribution in [0.3, 0.4) is 0 Å². The first-order valence-electron chi connectivity index (χ1n) is 6.33. The average Bonchev–Trinajstić information content (AvgIpc) is 2.54. The van der Waals surface area contributed by atoms with Crippen LogP contribution in [-0.4, -0.2) is 17.4 Å². The first-order chi connectivity index (χ1) is 8.18. The zero-order valence-electron chi connectivity index (χ0n) is 10.4. The summed E-state index contributed by atoms with van der Waals surface area (Å²) in [6.07, 6.45) is 4.00. The minimum absolute atomic E-state index is 0.154. The van der Waals surface area contributed by atoms with Crippen molar-refractivity contribution in [2.24, 2.45) is 0 Å². The zero-order chi connectivity index (χ0) is 12.3. The Morgan fingerprint density at radius 2 is 1.88 bits per heavy atom. The van der Waals surface area contributed by atoms with Crippen molar-refractivity contribution in [1.29, 1.82) is 0 Å². The van der Waals surface area contributed by atoms with Crippen LogP contribution in [0.25, 0.3) is 0 Å². The summed E-state index contributed by atoms with van der Waals surface area (Å²) < 4.78 is 0. The minimum atomic E-state index is 0.154. The van der Waals surface area contributed by atoms with Crippen LogP contribution in [-0.2, 0) is 4.79 Å². The highest BCUT2D eigenvalue weighted by molar-refractivity contribution is 5.76. The van der Waals surface area contributed by atoms with Gasteiger partial charge in [-0.1, -0.05) is 18.6 Å². The second kappa shape index (κ2) is 5.21. The molecule has 3 nitrogen and oxygen atoms in total. The van der Waals surface area contributed by atoms with Gasteiger partial charge in [0, 0.05) is 18.7 Å². The number of rotatable bonds is 2. The van der Waals surface area contributed by atoms with Crippen molar-refractivity contribution in [2.45, 2.75) is 38.6 Å². The summed E-state index contributed by atoms with van der Waals surface area (Å²) in [6, 6.07) is 7.97. The SMILES string of the molecule is CC(c1ccc(N)cc1)N1CCCCCC1=O. The van der Waals surface area contributed by atoms with Crippen LogP contribution >= 0.6 is 0 Å². The van der Waals surface area contributed by atoms with E-state index in [0.717, 1.165) is 37.1 Å². The third-order valence-electron chi connectivity index (χ3n) is 3.50. The van der Waals surface area contributed by atoms with E-state index in [1.54, 1.807) is 0 Å². The van der Waals surface area contributed by atoms with E-state index in [1.807, 2.05) is 29.2 Å². The van der Waals surface area contributed by atoms with Crippen molar-refractivity contribution in [3.05, 3.63) is 29.8 Å². The first kappa shape index (κ1) is 12.0. The quantitative estimate of drug-likeness (QED) is 0.797. The molecule has 1 heterocycles. The van der Waals surface area contributed by atoms with E-state index in [2.05, 4.69) is 6.92 Å². The average molecular weight is 232 g/mol. The van der Waals surface area contributed by atoms with E-state index in [1.165, 1.54) is 0 Å². The van der Waals surface area contributed by atoms with E-state index in [-0.39, 0.29) is 11.9 Å². The number of hydrogen-bond acceptors (Lipinski definition) is 2. The molecule has 2 N–H and O–H groups in total. The number of anilines is 1. The Hall–Kier alpha value is -1.51. The van der Waals surface area contributed by atoms with E-state index in [9.17, 15) is 4.79 Å².